The molecule has 6 rings (SSSR count). The number of benzene rings is 1. The van der Waals surface area contributed by atoms with Gasteiger partial charge in [0.15, 0.2) is 41.5 Å². The number of thiazole rings is 1. The number of fused-ring (bicyclic) bond motifs is 2. The normalized spacial score (nSPS) is 17.5. The molecule has 0 aliphatic carbocycles. The van der Waals surface area contributed by atoms with Crippen LogP contribution in [0.4, 0.5) is 10.8 Å². The van der Waals surface area contributed by atoms with E-state index in [1.54, 1.807) is 0 Å². The Morgan fingerprint density at radius 3 is 2.54 bits per heavy atom. The molecule has 1 fully saturated rings. The molecule has 2 aliphatic heterocycles. The molecule has 0 spiro atoms. The number of nitrogen functional groups attached to an aromatic ring is 1. The average molecular weight is 747 g/mol. The molecule has 52 heavy (non-hydrogen) atoms. The monoisotopic (exact) mass is 746 g/mol. The predicted molar refractivity (Wildman–Crippen MR) is 194 cm³/mol. The maximum absolute atomic E-state index is 13.5. The third kappa shape index (κ3) is 7.47. The number of carbonyl (C=O) groups is 4. The number of hydrogen-bond donors (Lipinski definition) is 5. The number of thioether (sulfide) groups is 1. The Morgan fingerprint density at radius 2 is 1.88 bits per heavy atom. The van der Waals surface area contributed by atoms with Gasteiger partial charge in [-0.1, -0.05) is 17.3 Å². The Bertz CT molecular complexity index is 2170. The van der Waals surface area contributed by atoms with Crippen molar-refractivity contribution < 1.29 is 38.8 Å². The number of nitrogens with two attached hydrogens (primary N) is 3. The van der Waals surface area contributed by atoms with Crippen LogP contribution >= 0.6 is 23.1 Å². The summed E-state index contributed by atoms with van der Waals surface area (Å²) in [6, 6.07) is 11.7. The molecule has 4 aromatic rings. The van der Waals surface area contributed by atoms with Gasteiger partial charge in [-0.3, -0.25) is 14.5 Å². The SMILES string of the molecule is CC(C)(O/N=C(\C(=O)C[C@@H]1C(=O)N2C(C(=O)O)=C(C[n+]3ccc4c(ccn4CCc4ccc(N=C(N)N)cc4)c3)CS[C@H]12)c1csc(N)n1)C(=O)O. The Balaban J connectivity index is 1.14. The topological polar surface area (TPSA) is 246 Å². The third-order valence-corrected chi connectivity index (χ3v) is 10.7. The molecule has 2 aliphatic rings. The highest BCUT2D eigenvalue weighted by molar-refractivity contribution is 8.00. The zero-order valence-electron chi connectivity index (χ0n) is 28.1. The zero-order valence-corrected chi connectivity index (χ0v) is 29.8. The van der Waals surface area contributed by atoms with E-state index in [1.807, 2.05) is 59.6 Å². The van der Waals surface area contributed by atoms with Gasteiger partial charge in [-0.2, -0.15) is 0 Å². The number of aryl methyl sites for hydroxylation is 2. The summed E-state index contributed by atoms with van der Waals surface area (Å²) in [6.07, 6.45) is 6.30. The molecule has 18 heteroatoms. The van der Waals surface area contributed by atoms with Crippen molar-refractivity contribution in [3.63, 3.8) is 0 Å². The van der Waals surface area contributed by atoms with Crippen LogP contribution in [0.25, 0.3) is 10.9 Å². The van der Waals surface area contributed by atoms with Gasteiger partial charge in [-0.25, -0.2) is 24.1 Å². The van der Waals surface area contributed by atoms with E-state index in [4.69, 9.17) is 22.0 Å². The summed E-state index contributed by atoms with van der Waals surface area (Å²) in [4.78, 5) is 65.6. The maximum Gasteiger partial charge on any atom is 0.352 e. The molecule has 0 saturated carbocycles. The number of pyridine rings is 1. The summed E-state index contributed by atoms with van der Waals surface area (Å²) >= 11 is 2.43. The Morgan fingerprint density at radius 1 is 1.13 bits per heavy atom. The van der Waals surface area contributed by atoms with E-state index in [2.05, 4.69) is 19.7 Å². The maximum atomic E-state index is 13.5. The van der Waals surface area contributed by atoms with Crippen LogP contribution in [0.2, 0.25) is 0 Å². The molecule has 1 aromatic carbocycles. The number of carboxylic acid groups (broad SMARTS) is 2. The van der Waals surface area contributed by atoms with Gasteiger partial charge in [0.05, 0.1) is 27.9 Å². The van der Waals surface area contributed by atoms with Crippen LogP contribution in [0.1, 0.15) is 31.5 Å². The van der Waals surface area contributed by atoms with Crippen LogP contribution in [0.5, 0.6) is 0 Å². The first-order chi connectivity index (χ1) is 24.7. The van der Waals surface area contributed by atoms with E-state index in [9.17, 15) is 29.4 Å². The predicted octanol–water partition coefficient (Wildman–Crippen LogP) is 2.23. The van der Waals surface area contributed by atoms with Crippen molar-refractivity contribution in [3.05, 3.63) is 82.9 Å². The number of ketones is 1. The number of rotatable bonds is 14. The highest BCUT2D eigenvalue weighted by Gasteiger charge is 2.54. The van der Waals surface area contributed by atoms with Crippen molar-refractivity contribution in [2.45, 2.75) is 50.8 Å². The molecular weight excluding hydrogens is 711 g/mol. The van der Waals surface area contributed by atoms with Crippen LogP contribution in [0.15, 0.2) is 81.8 Å². The molecule has 16 nitrogen and oxygen atoms in total. The molecule has 5 heterocycles. The summed E-state index contributed by atoms with van der Waals surface area (Å²) in [5.74, 6) is -4.16. The number of aliphatic carboxylic acids is 2. The number of carboxylic acids is 2. The van der Waals surface area contributed by atoms with E-state index < -0.39 is 40.5 Å². The molecule has 3 aromatic heterocycles. The smallest absolute Gasteiger partial charge is 0.352 e. The van der Waals surface area contributed by atoms with Crippen molar-refractivity contribution in [3.8, 4) is 0 Å². The highest BCUT2D eigenvalue weighted by Crippen LogP contribution is 2.45. The van der Waals surface area contributed by atoms with E-state index in [0.717, 1.165) is 40.8 Å². The highest BCUT2D eigenvalue weighted by atomic mass is 32.2. The van der Waals surface area contributed by atoms with Crippen molar-refractivity contribution in [2.24, 2.45) is 27.5 Å². The fourth-order valence-electron chi connectivity index (χ4n) is 5.91. The van der Waals surface area contributed by atoms with Crippen LogP contribution in [-0.4, -0.2) is 76.7 Å². The van der Waals surface area contributed by atoms with E-state index in [1.165, 1.54) is 35.9 Å². The number of anilines is 1. The lowest BCUT2D eigenvalue weighted by molar-refractivity contribution is -0.687. The second kappa shape index (κ2) is 14.5. The van der Waals surface area contributed by atoms with Gasteiger partial charge < -0.3 is 36.8 Å². The van der Waals surface area contributed by atoms with Crippen LogP contribution < -0.4 is 21.8 Å². The Kier molecular flexibility index (Phi) is 10.0. The number of carbonyl (C=O) groups excluding carboxylic acids is 2. The number of oxime groups is 1. The molecule has 270 valence electrons. The van der Waals surface area contributed by atoms with Crippen molar-refractivity contribution in [2.75, 3.05) is 11.5 Å². The first-order valence-electron chi connectivity index (χ1n) is 16.0. The quantitative estimate of drug-likeness (QED) is 0.0410. The first-order valence-corrected chi connectivity index (χ1v) is 18.0. The molecular formula is C34H36N9O7S2+. The fraction of sp³-hybridized carbons (Fsp3) is 0.294. The summed E-state index contributed by atoms with van der Waals surface area (Å²) in [7, 11) is 0. The van der Waals surface area contributed by atoms with Crippen molar-refractivity contribution in [1.82, 2.24) is 14.5 Å². The molecule has 8 N–H and O–H groups in total. The minimum absolute atomic E-state index is 0.00540. The molecule has 1 saturated heterocycles. The summed E-state index contributed by atoms with van der Waals surface area (Å²) in [6.45, 7) is 3.53. The molecule has 1 amide bonds. The van der Waals surface area contributed by atoms with Crippen LogP contribution in [0, 0.1) is 5.92 Å². The standard InChI is InChI=1S/C34H35N9O7S2/c1-34(2,31(48)49)50-40-26(23-17-52-33(37)39-23)25(44)13-22-28(45)43-27(30(46)47)20(16-51-29(22)43)15-41-10-9-24-19(14-41)8-12-42(24)11-7-18-3-5-21(6-4-18)38-32(35)36/h3-6,8-10,12,14,17,22,29H,7,11,13,15-16H2,1-2H3,(H7-,35,36,37,38,39,46,47,48,49)/p+1/b40-26-/t22-,29-/m1/s1. The van der Waals surface area contributed by atoms with E-state index >= 15 is 0 Å². The van der Waals surface area contributed by atoms with Gasteiger partial charge in [0.25, 0.3) is 0 Å². The lowest BCUT2D eigenvalue weighted by Crippen LogP contribution is -2.62. The number of nitrogens with zero attached hydrogens (tertiary/aromatic N) is 6. The van der Waals surface area contributed by atoms with Gasteiger partial charge in [-0.15, -0.1) is 23.1 Å². The summed E-state index contributed by atoms with van der Waals surface area (Å²) in [5, 5.41) is 25.5. The van der Waals surface area contributed by atoms with Gasteiger partial charge in [0.2, 0.25) is 11.5 Å². The molecule has 0 bridgehead atoms. The van der Waals surface area contributed by atoms with Gasteiger partial charge >= 0.3 is 11.9 Å². The summed E-state index contributed by atoms with van der Waals surface area (Å²) < 4.78 is 4.03. The molecule has 2 atom stereocenters. The zero-order chi connectivity index (χ0) is 37.3. The van der Waals surface area contributed by atoms with E-state index in [-0.39, 0.29) is 41.2 Å². The van der Waals surface area contributed by atoms with Gasteiger partial charge in [-0.05, 0) is 44.0 Å². The van der Waals surface area contributed by atoms with Crippen LogP contribution in [0.3, 0.4) is 0 Å². The number of β-lactam (4-membered cyclic amide) rings is 1. The van der Waals surface area contributed by atoms with Gasteiger partial charge in [0, 0.05) is 41.9 Å². The number of hydrogen-bond acceptors (Lipinski definition) is 11. The second-order valence-electron chi connectivity index (χ2n) is 12.7. The first kappa shape index (κ1) is 36.1. The van der Waals surface area contributed by atoms with Crippen LogP contribution in [-0.2, 0) is 43.5 Å². The summed E-state index contributed by atoms with van der Waals surface area (Å²) in [5.41, 5.74) is 18.0. The number of Topliss-reactive ketones (excluding diaryl/α,β-unsaturated/α-hetero) is 1. The average Bonchev–Trinajstić information content (AvgIpc) is 3.71. The minimum Gasteiger partial charge on any atom is -0.478 e. The van der Waals surface area contributed by atoms with E-state index in [0.29, 0.717) is 17.0 Å². The third-order valence-electron chi connectivity index (χ3n) is 8.65. The Hall–Kier alpha value is -5.75. The number of guanidine groups is 1. The van der Waals surface area contributed by atoms with Gasteiger partial charge in [0.1, 0.15) is 11.4 Å². The van der Waals surface area contributed by atoms with Crippen molar-refractivity contribution >= 4 is 80.1 Å². The number of aliphatic imine (C=N–C) groups is 1. The molecule has 0 radical (unpaired) electrons. The second-order valence-corrected chi connectivity index (χ2v) is 14.7. The Labute approximate surface area is 305 Å². The minimum atomic E-state index is -1.75. The number of amides is 1. The largest absolute Gasteiger partial charge is 0.478 e. The molecule has 0 unspecified atom stereocenters. The van der Waals surface area contributed by atoms with Crippen molar-refractivity contribution in [1.29, 1.82) is 0 Å². The lowest BCUT2D eigenvalue weighted by Gasteiger charge is -2.49. The lowest BCUT2D eigenvalue weighted by atomic mass is 9.89. The fourth-order valence-corrected chi connectivity index (χ4v) is 7.86. The number of aromatic nitrogens is 3.